The number of rotatable bonds is 5. The smallest absolute Gasteiger partial charge is 0.358 e. The van der Waals surface area contributed by atoms with E-state index >= 15 is 0 Å². The molecule has 1 N–H and O–H groups in total. The molecule has 1 aromatic heterocycles. The molecule has 0 saturated heterocycles. The summed E-state index contributed by atoms with van der Waals surface area (Å²) in [5.74, 6) is -0.874. The van der Waals surface area contributed by atoms with Crippen molar-refractivity contribution in [2.75, 3.05) is 0 Å². The van der Waals surface area contributed by atoms with Crippen molar-refractivity contribution < 1.29 is 9.72 Å². The van der Waals surface area contributed by atoms with Gasteiger partial charge in [0.15, 0.2) is 6.20 Å². The maximum atomic E-state index is 12.0. The average Bonchev–Trinajstić information content (AvgIpc) is 2.38. The van der Waals surface area contributed by atoms with E-state index < -0.39 is 16.6 Å². The number of carbonyl (C=O) groups is 1. The van der Waals surface area contributed by atoms with Crippen LogP contribution in [0.4, 0.5) is 5.82 Å². The Morgan fingerprint density at radius 1 is 1.74 bits per heavy atom. The highest BCUT2D eigenvalue weighted by molar-refractivity contribution is 9.10. The molecule has 0 aliphatic carbocycles. The number of nitrogens with one attached hydrogen (secondary N) is 1. The summed E-state index contributed by atoms with van der Waals surface area (Å²) in [7, 11) is 0. The van der Waals surface area contributed by atoms with E-state index in [1.54, 1.807) is 0 Å². The molecular weight excluding hydrogens is 316 g/mol. The van der Waals surface area contributed by atoms with Gasteiger partial charge in [-0.15, -0.1) is 0 Å². The van der Waals surface area contributed by atoms with Gasteiger partial charge in [0.1, 0.15) is 0 Å². The Hall–Kier alpha value is -2.01. The average molecular weight is 327 g/mol. The van der Waals surface area contributed by atoms with Gasteiger partial charge in [0.25, 0.3) is 5.91 Å². The fourth-order valence-electron chi connectivity index (χ4n) is 1.37. The third kappa shape index (κ3) is 3.99. The number of nitrogens with zero attached hydrogens (tertiary/aromatic N) is 3. The van der Waals surface area contributed by atoms with Gasteiger partial charge in [-0.05, 0) is 32.3 Å². The first-order valence-electron chi connectivity index (χ1n) is 5.47. The van der Waals surface area contributed by atoms with E-state index in [4.69, 9.17) is 5.26 Å². The van der Waals surface area contributed by atoms with E-state index in [2.05, 4.69) is 26.2 Å². The van der Waals surface area contributed by atoms with Crippen molar-refractivity contribution in [2.45, 2.75) is 25.8 Å². The van der Waals surface area contributed by atoms with Crippen LogP contribution in [0.5, 0.6) is 0 Å². The molecule has 1 heterocycles. The van der Waals surface area contributed by atoms with Gasteiger partial charge in [0.05, 0.1) is 22.5 Å². The third-order valence-electron chi connectivity index (χ3n) is 2.44. The summed E-state index contributed by atoms with van der Waals surface area (Å²) in [5, 5.41) is 21.9. The van der Waals surface area contributed by atoms with Gasteiger partial charge in [0, 0.05) is 12.1 Å². The molecule has 19 heavy (non-hydrogen) atoms. The Kier molecular flexibility index (Phi) is 5.38. The van der Waals surface area contributed by atoms with Crippen LogP contribution in [0.3, 0.4) is 0 Å². The number of halogens is 1. The summed E-state index contributed by atoms with van der Waals surface area (Å²) in [6.45, 7) is 1.84. The van der Waals surface area contributed by atoms with Crippen LogP contribution in [0.25, 0.3) is 0 Å². The monoisotopic (exact) mass is 326 g/mol. The molecule has 7 nitrogen and oxygen atoms in total. The quantitative estimate of drug-likeness (QED) is 0.658. The number of nitriles is 1. The van der Waals surface area contributed by atoms with Crippen molar-refractivity contribution in [3.63, 3.8) is 0 Å². The minimum Gasteiger partial charge on any atom is -0.358 e. The van der Waals surface area contributed by atoms with Crippen LogP contribution in [0, 0.1) is 21.4 Å². The van der Waals surface area contributed by atoms with E-state index in [1.165, 1.54) is 6.20 Å². The van der Waals surface area contributed by atoms with Crippen molar-refractivity contribution >= 4 is 27.7 Å². The van der Waals surface area contributed by atoms with E-state index in [-0.39, 0.29) is 18.0 Å². The molecule has 0 aliphatic rings. The Labute approximate surface area is 117 Å². The van der Waals surface area contributed by atoms with Gasteiger partial charge in [-0.25, -0.2) is 0 Å². The fourth-order valence-corrected chi connectivity index (χ4v) is 1.77. The highest BCUT2D eigenvalue weighted by atomic mass is 79.9. The minimum atomic E-state index is -0.671. The number of hydrogen-bond acceptors (Lipinski definition) is 5. The summed E-state index contributed by atoms with van der Waals surface area (Å²) in [6.07, 6.45) is 2.00. The summed E-state index contributed by atoms with van der Waals surface area (Å²) in [6, 6.07) is 2.79. The molecule has 100 valence electrons. The highest BCUT2D eigenvalue weighted by Crippen LogP contribution is 2.20. The highest BCUT2D eigenvalue weighted by Gasteiger charge is 2.19. The second kappa shape index (κ2) is 6.80. The van der Waals surface area contributed by atoms with Crippen LogP contribution in [0.1, 0.15) is 30.1 Å². The molecule has 0 spiro atoms. The van der Waals surface area contributed by atoms with Crippen molar-refractivity contribution in [1.29, 1.82) is 5.26 Å². The second-order valence-corrected chi connectivity index (χ2v) is 4.57. The third-order valence-corrected chi connectivity index (χ3v) is 3.07. The Morgan fingerprint density at radius 2 is 2.42 bits per heavy atom. The Balaban J connectivity index is 2.96. The van der Waals surface area contributed by atoms with Crippen LogP contribution >= 0.6 is 15.9 Å². The van der Waals surface area contributed by atoms with Crippen molar-refractivity contribution in [1.82, 2.24) is 10.3 Å². The molecule has 0 aliphatic heterocycles. The first-order valence-corrected chi connectivity index (χ1v) is 6.26. The lowest BCUT2D eigenvalue weighted by Gasteiger charge is -2.13. The summed E-state index contributed by atoms with van der Waals surface area (Å²) in [5.41, 5.74) is 0.123. The maximum Gasteiger partial charge on any atom is 0.364 e. The van der Waals surface area contributed by atoms with Gasteiger partial charge in [-0.2, -0.15) is 5.26 Å². The fraction of sp³-hybridized carbons (Fsp3) is 0.364. The molecule has 1 amide bonds. The van der Waals surface area contributed by atoms with E-state index in [0.717, 1.165) is 6.07 Å². The van der Waals surface area contributed by atoms with Crippen molar-refractivity contribution in [2.24, 2.45) is 0 Å². The second-order valence-electron chi connectivity index (χ2n) is 3.72. The molecule has 1 rings (SSSR count). The lowest BCUT2D eigenvalue weighted by molar-refractivity contribution is -0.389. The molecule has 0 fully saturated rings. The molecule has 0 radical (unpaired) electrons. The Bertz CT molecular complexity index is 541. The van der Waals surface area contributed by atoms with Gasteiger partial charge < -0.3 is 15.4 Å². The Morgan fingerprint density at radius 3 is 2.95 bits per heavy atom. The lowest BCUT2D eigenvalue weighted by atomic mass is 10.1. The van der Waals surface area contributed by atoms with Crippen LogP contribution in [-0.4, -0.2) is 21.9 Å². The van der Waals surface area contributed by atoms with Crippen LogP contribution in [-0.2, 0) is 0 Å². The predicted octanol–water partition coefficient (Wildman–Crippen LogP) is 2.17. The minimum absolute atomic E-state index is 0.123. The number of nitro groups is 1. The van der Waals surface area contributed by atoms with Gasteiger partial charge in [0.2, 0.25) is 0 Å². The molecule has 0 saturated carbocycles. The van der Waals surface area contributed by atoms with Gasteiger partial charge >= 0.3 is 5.82 Å². The van der Waals surface area contributed by atoms with Crippen LogP contribution in [0.2, 0.25) is 0 Å². The SMILES string of the molecule is CCC(CC#N)NC(=O)c1cc([N+](=O)[O-])ncc1Br. The normalized spacial score (nSPS) is 11.4. The number of pyridine rings is 1. The molecular formula is C11H11BrN4O3. The van der Waals surface area contributed by atoms with Crippen molar-refractivity contribution in [3.05, 3.63) is 32.4 Å². The molecule has 1 unspecified atom stereocenters. The largest absolute Gasteiger partial charge is 0.364 e. The van der Waals surface area contributed by atoms with Gasteiger partial charge in [-0.1, -0.05) is 6.92 Å². The van der Waals surface area contributed by atoms with E-state index in [9.17, 15) is 14.9 Å². The number of carbonyl (C=O) groups excluding carboxylic acids is 1. The van der Waals surface area contributed by atoms with E-state index in [1.807, 2.05) is 13.0 Å². The number of amides is 1. The van der Waals surface area contributed by atoms with E-state index in [0.29, 0.717) is 10.9 Å². The number of aromatic nitrogens is 1. The lowest BCUT2D eigenvalue weighted by Crippen LogP contribution is -2.34. The van der Waals surface area contributed by atoms with Gasteiger partial charge in [-0.3, -0.25) is 4.79 Å². The van der Waals surface area contributed by atoms with Crippen LogP contribution in [0.15, 0.2) is 16.7 Å². The zero-order chi connectivity index (χ0) is 14.4. The molecule has 0 aromatic carbocycles. The topological polar surface area (TPSA) is 109 Å². The zero-order valence-electron chi connectivity index (χ0n) is 10.1. The molecule has 1 aromatic rings. The van der Waals surface area contributed by atoms with Crippen LogP contribution < -0.4 is 5.32 Å². The summed E-state index contributed by atoms with van der Waals surface area (Å²) < 4.78 is 0.363. The molecule has 1 atom stereocenters. The summed E-state index contributed by atoms with van der Waals surface area (Å²) in [4.78, 5) is 25.5. The zero-order valence-corrected chi connectivity index (χ0v) is 11.7. The summed E-state index contributed by atoms with van der Waals surface area (Å²) >= 11 is 3.12. The maximum absolute atomic E-state index is 12.0. The molecule has 8 heteroatoms. The standard InChI is InChI=1S/C11H11BrN4O3/c1-2-7(3-4-13)15-11(17)8-5-10(16(18)19)14-6-9(8)12/h5-7H,2-3H2,1H3,(H,15,17). The first-order chi connectivity index (χ1) is 8.99. The predicted molar refractivity (Wildman–Crippen MR) is 70.4 cm³/mol. The van der Waals surface area contributed by atoms with Crippen molar-refractivity contribution in [3.8, 4) is 6.07 Å². The molecule has 0 bridgehead atoms. The first kappa shape index (κ1) is 15.0. The number of hydrogen-bond donors (Lipinski definition) is 1.